The van der Waals surface area contributed by atoms with Gasteiger partial charge in [-0.1, -0.05) is 44.2 Å². The van der Waals surface area contributed by atoms with Crippen LogP contribution in [0.4, 0.5) is 0 Å². The molecule has 1 aliphatic rings. The molecule has 22 heavy (non-hydrogen) atoms. The van der Waals surface area contributed by atoms with Gasteiger partial charge in [0.15, 0.2) is 0 Å². The minimum absolute atomic E-state index is 0.0605. The summed E-state index contributed by atoms with van der Waals surface area (Å²) in [4.78, 5) is 13.1. The Morgan fingerprint density at radius 1 is 1.27 bits per heavy atom. The zero-order chi connectivity index (χ0) is 15.8. The van der Waals surface area contributed by atoms with Crippen molar-refractivity contribution in [3.63, 3.8) is 0 Å². The molecule has 0 spiro atoms. The summed E-state index contributed by atoms with van der Waals surface area (Å²) in [5, 5.41) is 13.0. The fraction of sp³-hybridized carbons (Fsp3) is 0.611. The minimum atomic E-state index is -0.630. The van der Waals surface area contributed by atoms with Gasteiger partial charge in [-0.05, 0) is 36.3 Å². The summed E-state index contributed by atoms with van der Waals surface area (Å²) < 4.78 is 0. The molecule has 2 rings (SSSR count). The highest BCUT2D eigenvalue weighted by molar-refractivity contribution is 7.98. The van der Waals surface area contributed by atoms with Crippen LogP contribution in [0, 0.1) is 5.92 Å². The Balaban J connectivity index is 1.68. The topological polar surface area (TPSA) is 49.3 Å². The van der Waals surface area contributed by atoms with Gasteiger partial charge in [0.2, 0.25) is 5.91 Å². The number of benzene rings is 1. The molecule has 1 fully saturated rings. The van der Waals surface area contributed by atoms with Crippen LogP contribution in [0.1, 0.15) is 56.6 Å². The summed E-state index contributed by atoms with van der Waals surface area (Å²) in [5.74, 6) is 0.786. The van der Waals surface area contributed by atoms with E-state index in [1.165, 1.54) is 37.0 Å². The van der Waals surface area contributed by atoms with Crippen LogP contribution < -0.4 is 5.32 Å². The predicted octanol–water partition coefficient (Wildman–Crippen LogP) is 3.92. The average Bonchev–Trinajstić information content (AvgIpc) is 2.58. The molecule has 0 bridgehead atoms. The summed E-state index contributed by atoms with van der Waals surface area (Å²) >= 11 is 1.68. The molecule has 1 saturated carbocycles. The molecule has 0 aliphatic heterocycles. The molecule has 1 aromatic rings. The van der Waals surface area contributed by atoms with Gasteiger partial charge in [-0.3, -0.25) is 4.79 Å². The second-order valence-corrected chi connectivity index (χ2v) is 7.02. The van der Waals surface area contributed by atoms with Crippen LogP contribution in [0.3, 0.4) is 0 Å². The first-order valence-electron chi connectivity index (χ1n) is 8.27. The number of nitrogens with one attached hydrogen (secondary N) is 1. The molecule has 0 aromatic heterocycles. The van der Waals surface area contributed by atoms with Gasteiger partial charge in [0.25, 0.3) is 0 Å². The molecular formula is C18H27NO2S. The van der Waals surface area contributed by atoms with Gasteiger partial charge in [-0.25, -0.2) is 0 Å². The van der Waals surface area contributed by atoms with Gasteiger partial charge < -0.3 is 10.4 Å². The number of amides is 1. The molecule has 0 heterocycles. The lowest BCUT2D eigenvalue weighted by molar-refractivity contribution is -0.121. The van der Waals surface area contributed by atoms with E-state index in [0.717, 1.165) is 17.9 Å². The zero-order valence-corrected chi connectivity index (χ0v) is 14.2. The Labute approximate surface area is 137 Å². The van der Waals surface area contributed by atoms with Gasteiger partial charge in [-0.2, -0.15) is 0 Å². The molecule has 0 radical (unpaired) electrons. The van der Waals surface area contributed by atoms with Crippen molar-refractivity contribution >= 4 is 17.7 Å². The molecule has 1 amide bonds. The predicted molar refractivity (Wildman–Crippen MR) is 92.0 cm³/mol. The lowest BCUT2D eigenvalue weighted by Gasteiger charge is -2.21. The maximum atomic E-state index is 11.9. The number of carbonyl (C=O) groups is 1. The van der Waals surface area contributed by atoms with Crippen molar-refractivity contribution in [2.45, 2.75) is 55.9 Å². The lowest BCUT2D eigenvalue weighted by atomic mass is 9.86. The maximum Gasteiger partial charge on any atom is 0.220 e. The van der Waals surface area contributed by atoms with Gasteiger partial charge in [0.1, 0.15) is 0 Å². The summed E-state index contributed by atoms with van der Waals surface area (Å²) in [6, 6.07) is 7.83. The van der Waals surface area contributed by atoms with E-state index >= 15 is 0 Å². The van der Waals surface area contributed by atoms with Crippen LogP contribution in [0.25, 0.3) is 0 Å². The highest BCUT2D eigenvalue weighted by Gasteiger charge is 2.15. The fourth-order valence-electron chi connectivity index (χ4n) is 3.05. The Morgan fingerprint density at radius 2 is 1.95 bits per heavy atom. The molecule has 122 valence electrons. The number of hydrogen-bond acceptors (Lipinski definition) is 3. The highest BCUT2D eigenvalue weighted by atomic mass is 32.2. The van der Waals surface area contributed by atoms with E-state index in [9.17, 15) is 9.90 Å². The van der Waals surface area contributed by atoms with E-state index < -0.39 is 6.10 Å². The Morgan fingerprint density at radius 3 is 2.59 bits per heavy atom. The number of thioether (sulfide) groups is 1. The van der Waals surface area contributed by atoms with Crippen molar-refractivity contribution < 1.29 is 9.90 Å². The fourth-order valence-corrected chi connectivity index (χ4v) is 3.46. The summed E-state index contributed by atoms with van der Waals surface area (Å²) in [6.07, 6.45) is 9.51. The third-order valence-electron chi connectivity index (χ3n) is 4.50. The van der Waals surface area contributed by atoms with E-state index in [0.29, 0.717) is 13.0 Å². The second-order valence-electron chi connectivity index (χ2n) is 6.14. The van der Waals surface area contributed by atoms with Crippen molar-refractivity contribution in [3.05, 3.63) is 29.8 Å². The van der Waals surface area contributed by atoms with E-state index in [1.54, 1.807) is 11.8 Å². The lowest BCUT2D eigenvalue weighted by Crippen LogP contribution is -2.28. The number of hydrogen-bond donors (Lipinski definition) is 2. The van der Waals surface area contributed by atoms with E-state index in [4.69, 9.17) is 0 Å². The third-order valence-corrected chi connectivity index (χ3v) is 5.24. The molecule has 1 aromatic carbocycles. The molecule has 1 unspecified atom stereocenters. The van der Waals surface area contributed by atoms with Crippen molar-refractivity contribution in [1.29, 1.82) is 0 Å². The van der Waals surface area contributed by atoms with Gasteiger partial charge in [0, 0.05) is 17.9 Å². The van der Waals surface area contributed by atoms with Crippen LogP contribution >= 0.6 is 11.8 Å². The number of carbonyl (C=O) groups excluding carboxylic acids is 1. The maximum absolute atomic E-state index is 11.9. The average molecular weight is 321 g/mol. The van der Waals surface area contributed by atoms with Crippen LogP contribution in [0.2, 0.25) is 0 Å². The summed E-state index contributed by atoms with van der Waals surface area (Å²) in [7, 11) is 0. The van der Waals surface area contributed by atoms with Gasteiger partial charge in [0.05, 0.1) is 6.10 Å². The SMILES string of the molecule is CSc1ccc(C(O)CNC(=O)CCC2CCCCC2)cc1. The van der Waals surface area contributed by atoms with E-state index in [2.05, 4.69) is 5.32 Å². The van der Waals surface area contributed by atoms with Gasteiger partial charge in [-0.15, -0.1) is 11.8 Å². The van der Waals surface area contributed by atoms with Crippen molar-refractivity contribution in [2.75, 3.05) is 12.8 Å². The number of aliphatic hydroxyl groups is 1. The number of rotatable bonds is 7. The van der Waals surface area contributed by atoms with Crippen LogP contribution in [0.5, 0.6) is 0 Å². The van der Waals surface area contributed by atoms with Crippen LogP contribution in [-0.2, 0) is 4.79 Å². The van der Waals surface area contributed by atoms with E-state index in [-0.39, 0.29) is 5.91 Å². The summed E-state index contributed by atoms with van der Waals surface area (Å²) in [5.41, 5.74) is 0.852. The first kappa shape index (κ1) is 17.4. The Kier molecular flexibility index (Phi) is 7.26. The molecule has 3 nitrogen and oxygen atoms in total. The Hall–Kier alpha value is -1.00. The zero-order valence-electron chi connectivity index (χ0n) is 13.4. The van der Waals surface area contributed by atoms with Crippen molar-refractivity contribution in [2.24, 2.45) is 5.92 Å². The molecule has 4 heteroatoms. The second kappa shape index (κ2) is 9.21. The third kappa shape index (κ3) is 5.65. The first-order valence-corrected chi connectivity index (χ1v) is 9.50. The smallest absolute Gasteiger partial charge is 0.220 e. The van der Waals surface area contributed by atoms with Crippen molar-refractivity contribution in [3.8, 4) is 0 Å². The molecule has 1 aliphatic carbocycles. The molecule has 0 saturated heterocycles. The summed E-state index contributed by atoms with van der Waals surface area (Å²) in [6.45, 7) is 0.294. The first-order chi connectivity index (χ1) is 10.7. The highest BCUT2D eigenvalue weighted by Crippen LogP contribution is 2.27. The van der Waals surface area contributed by atoms with Crippen LogP contribution in [0.15, 0.2) is 29.2 Å². The van der Waals surface area contributed by atoms with Gasteiger partial charge >= 0.3 is 0 Å². The van der Waals surface area contributed by atoms with E-state index in [1.807, 2.05) is 30.5 Å². The largest absolute Gasteiger partial charge is 0.387 e. The minimum Gasteiger partial charge on any atom is -0.387 e. The Bertz CT molecular complexity index is 455. The van der Waals surface area contributed by atoms with Crippen molar-refractivity contribution in [1.82, 2.24) is 5.32 Å². The molecule has 1 atom stereocenters. The quantitative estimate of drug-likeness (QED) is 0.748. The number of aliphatic hydroxyl groups excluding tert-OH is 1. The van der Waals surface area contributed by atoms with Crippen LogP contribution in [-0.4, -0.2) is 23.8 Å². The molecular weight excluding hydrogens is 294 g/mol. The normalized spacial score (nSPS) is 17.2. The monoisotopic (exact) mass is 321 g/mol. The standard InChI is InChI=1S/C18H27NO2S/c1-22-16-10-8-15(9-11-16)17(20)13-19-18(21)12-7-14-5-3-2-4-6-14/h8-11,14,17,20H,2-7,12-13H2,1H3,(H,19,21). The molecule has 2 N–H and O–H groups in total.